The van der Waals surface area contributed by atoms with Gasteiger partial charge in [0.05, 0.1) is 29.1 Å². The average molecular weight is 534 g/mol. The highest BCUT2D eigenvalue weighted by molar-refractivity contribution is 6.33. The number of carbonyl (C=O) groups excluding carboxylic acids is 2. The van der Waals surface area contributed by atoms with Crippen LogP contribution in [0.2, 0.25) is 10.0 Å². The molecule has 1 N–H and O–H groups in total. The van der Waals surface area contributed by atoms with E-state index in [-0.39, 0.29) is 17.9 Å². The number of benzene rings is 2. The Morgan fingerprint density at radius 3 is 2.43 bits per heavy atom. The second-order valence-electron chi connectivity index (χ2n) is 10.6. The normalized spacial score (nSPS) is 20.9. The molecule has 0 spiro atoms. The Hall–Kier alpha value is -2.89. The highest BCUT2D eigenvalue weighted by atomic mass is 35.5. The molecule has 1 aliphatic heterocycles. The zero-order chi connectivity index (χ0) is 25.6. The maximum absolute atomic E-state index is 14.0. The summed E-state index contributed by atoms with van der Waals surface area (Å²) in [6, 6.07) is 19.4. The third kappa shape index (κ3) is 4.32. The predicted molar refractivity (Wildman–Crippen MR) is 145 cm³/mol. The minimum atomic E-state index is -0.594. The van der Waals surface area contributed by atoms with Crippen molar-refractivity contribution < 1.29 is 9.59 Å². The minimum absolute atomic E-state index is 0.0196. The van der Waals surface area contributed by atoms with E-state index in [1.807, 2.05) is 65.6 Å². The van der Waals surface area contributed by atoms with E-state index in [0.29, 0.717) is 16.6 Å². The molecule has 6 rings (SSSR count). The van der Waals surface area contributed by atoms with Crippen molar-refractivity contribution in [2.75, 3.05) is 6.54 Å². The first-order valence-corrected chi connectivity index (χ1v) is 13.7. The van der Waals surface area contributed by atoms with E-state index in [2.05, 4.69) is 10.3 Å². The Morgan fingerprint density at radius 2 is 1.76 bits per heavy atom. The summed E-state index contributed by atoms with van der Waals surface area (Å²) >= 11 is 12.6. The molecule has 2 amide bonds. The van der Waals surface area contributed by atoms with Crippen LogP contribution in [-0.2, 0) is 16.1 Å². The summed E-state index contributed by atoms with van der Waals surface area (Å²) in [7, 11) is 0. The van der Waals surface area contributed by atoms with E-state index < -0.39 is 10.8 Å². The largest absolute Gasteiger partial charge is 0.350 e. The number of carbonyl (C=O) groups is 2. The molecule has 3 aliphatic rings. The third-order valence-electron chi connectivity index (χ3n) is 8.45. The summed E-state index contributed by atoms with van der Waals surface area (Å²) in [6.45, 7) is 1.07. The Morgan fingerprint density at radius 1 is 0.973 bits per heavy atom. The summed E-state index contributed by atoms with van der Waals surface area (Å²) < 4.78 is 0. The van der Waals surface area contributed by atoms with Gasteiger partial charge < -0.3 is 10.2 Å². The average Bonchev–Trinajstić information content (AvgIpc) is 3.84. The van der Waals surface area contributed by atoms with Crippen LogP contribution in [0.15, 0.2) is 66.9 Å². The molecule has 2 saturated carbocycles. The number of likely N-dealkylation sites (tertiary alicyclic amines) is 1. The maximum Gasteiger partial charge on any atom is 0.230 e. The maximum atomic E-state index is 14.0. The number of nitrogens with one attached hydrogen (secondary N) is 1. The molecular weight excluding hydrogens is 505 g/mol. The van der Waals surface area contributed by atoms with Gasteiger partial charge in [-0.1, -0.05) is 59.6 Å². The van der Waals surface area contributed by atoms with Gasteiger partial charge >= 0.3 is 0 Å². The fourth-order valence-corrected chi connectivity index (χ4v) is 6.58. The van der Waals surface area contributed by atoms with Gasteiger partial charge in [-0.2, -0.15) is 0 Å². The molecule has 2 heterocycles. The van der Waals surface area contributed by atoms with E-state index in [9.17, 15) is 9.59 Å². The van der Waals surface area contributed by atoms with Gasteiger partial charge in [-0.3, -0.25) is 14.6 Å². The molecule has 1 unspecified atom stereocenters. The summed E-state index contributed by atoms with van der Waals surface area (Å²) in [6.07, 6.45) is 6.76. The monoisotopic (exact) mass is 533 g/mol. The zero-order valence-electron chi connectivity index (χ0n) is 20.6. The first-order chi connectivity index (χ1) is 17.9. The molecule has 2 aliphatic carbocycles. The summed E-state index contributed by atoms with van der Waals surface area (Å²) in [5, 5.41) is 4.46. The Bertz CT molecular complexity index is 1350. The molecule has 5 nitrogen and oxygen atoms in total. The van der Waals surface area contributed by atoms with Crippen molar-refractivity contribution in [3.05, 3.63) is 88.2 Å². The number of amides is 2. The van der Waals surface area contributed by atoms with Crippen molar-refractivity contribution in [1.29, 1.82) is 0 Å². The molecule has 3 fully saturated rings. The van der Waals surface area contributed by atoms with Crippen LogP contribution in [0.5, 0.6) is 0 Å². The number of hydrogen-bond donors (Lipinski definition) is 1. The lowest BCUT2D eigenvalue weighted by Gasteiger charge is -2.33. The standard InChI is InChI=1S/C30H29Cl2N3O2/c31-22-6-3-5-20(17-22)26-9-4-16-35(26)28(37)30(14-15-30)29(12-13-29)27(36)34-19-23-11-10-21(18-33-23)24-7-1-2-8-25(24)32/h1-3,5-8,10-11,17-18,26H,4,9,12-16,19H2,(H,34,36). The van der Waals surface area contributed by atoms with E-state index in [1.165, 1.54) is 0 Å². The molecule has 7 heteroatoms. The van der Waals surface area contributed by atoms with E-state index in [4.69, 9.17) is 23.2 Å². The van der Waals surface area contributed by atoms with Crippen LogP contribution >= 0.6 is 23.2 Å². The second kappa shape index (κ2) is 9.45. The van der Waals surface area contributed by atoms with Crippen LogP contribution in [-0.4, -0.2) is 28.2 Å². The van der Waals surface area contributed by atoms with Gasteiger partial charge in [-0.05, 0) is 68.4 Å². The fraction of sp³-hybridized carbons (Fsp3) is 0.367. The quantitative estimate of drug-likeness (QED) is 0.372. The van der Waals surface area contributed by atoms with Crippen molar-refractivity contribution in [2.45, 2.75) is 51.1 Å². The highest BCUT2D eigenvalue weighted by Gasteiger charge is 2.74. The van der Waals surface area contributed by atoms with Gasteiger partial charge in [0.1, 0.15) is 0 Å². The van der Waals surface area contributed by atoms with E-state index in [0.717, 1.165) is 67.5 Å². The number of rotatable bonds is 7. The van der Waals surface area contributed by atoms with Crippen molar-refractivity contribution in [2.24, 2.45) is 10.8 Å². The van der Waals surface area contributed by atoms with Crippen LogP contribution in [0, 0.1) is 10.8 Å². The van der Waals surface area contributed by atoms with Crippen molar-refractivity contribution in [3.63, 3.8) is 0 Å². The highest BCUT2D eigenvalue weighted by Crippen LogP contribution is 2.71. The lowest BCUT2D eigenvalue weighted by Crippen LogP contribution is -2.46. The van der Waals surface area contributed by atoms with Gasteiger partial charge in [0, 0.05) is 33.9 Å². The topological polar surface area (TPSA) is 62.3 Å². The smallest absolute Gasteiger partial charge is 0.230 e. The van der Waals surface area contributed by atoms with Gasteiger partial charge in [0.2, 0.25) is 11.8 Å². The Labute approximate surface area is 227 Å². The van der Waals surface area contributed by atoms with Gasteiger partial charge in [-0.25, -0.2) is 0 Å². The molecule has 0 bridgehead atoms. The van der Waals surface area contributed by atoms with Gasteiger partial charge in [0.25, 0.3) is 0 Å². The van der Waals surface area contributed by atoms with Crippen molar-refractivity contribution >= 4 is 35.0 Å². The van der Waals surface area contributed by atoms with Crippen LogP contribution in [0.4, 0.5) is 0 Å². The summed E-state index contributed by atoms with van der Waals surface area (Å²) in [5.41, 5.74) is 2.55. The molecule has 1 aromatic heterocycles. The molecule has 190 valence electrons. The number of pyridine rings is 1. The van der Waals surface area contributed by atoms with Crippen LogP contribution in [0.3, 0.4) is 0 Å². The Kier molecular flexibility index (Phi) is 6.24. The van der Waals surface area contributed by atoms with Crippen molar-refractivity contribution in [3.8, 4) is 11.1 Å². The zero-order valence-corrected chi connectivity index (χ0v) is 22.1. The number of nitrogens with zero attached hydrogens (tertiary/aromatic N) is 2. The minimum Gasteiger partial charge on any atom is -0.350 e. The number of aromatic nitrogens is 1. The fourth-order valence-electron chi connectivity index (χ4n) is 6.14. The van der Waals surface area contributed by atoms with Gasteiger partial charge in [-0.15, -0.1) is 0 Å². The van der Waals surface area contributed by atoms with Crippen LogP contribution in [0.1, 0.15) is 55.8 Å². The SMILES string of the molecule is O=C(NCc1ccc(-c2ccccc2Cl)cn1)C1(C2(C(=O)N3CCCC3c3cccc(Cl)c3)CC2)CC1. The Balaban J connectivity index is 1.14. The third-order valence-corrected chi connectivity index (χ3v) is 9.01. The molecule has 0 radical (unpaired) electrons. The molecule has 1 atom stereocenters. The first-order valence-electron chi connectivity index (χ1n) is 13.0. The molecule has 37 heavy (non-hydrogen) atoms. The lowest BCUT2D eigenvalue weighted by molar-refractivity contribution is -0.146. The molecule has 3 aromatic rings. The first kappa shape index (κ1) is 24.4. The van der Waals surface area contributed by atoms with Crippen molar-refractivity contribution in [1.82, 2.24) is 15.2 Å². The lowest BCUT2D eigenvalue weighted by atomic mass is 9.82. The number of hydrogen-bond acceptors (Lipinski definition) is 3. The van der Waals surface area contributed by atoms with Crippen LogP contribution in [0.25, 0.3) is 11.1 Å². The molecule has 1 saturated heterocycles. The summed E-state index contributed by atoms with van der Waals surface area (Å²) in [4.78, 5) is 34.0. The van der Waals surface area contributed by atoms with Gasteiger partial charge in [0.15, 0.2) is 0 Å². The van der Waals surface area contributed by atoms with E-state index in [1.54, 1.807) is 6.20 Å². The molecular formula is C30H29Cl2N3O2. The molecule has 2 aromatic carbocycles. The second-order valence-corrected chi connectivity index (χ2v) is 11.4. The van der Waals surface area contributed by atoms with E-state index >= 15 is 0 Å². The van der Waals surface area contributed by atoms with Crippen LogP contribution < -0.4 is 5.32 Å². The summed E-state index contributed by atoms with van der Waals surface area (Å²) in [5.74, 6) is 0.124. The predicted octanol–water partition coefficient (Wildman–Crippen LogP) is 6.60. The number of halogens is 2.